The van der Waals surface area contributed by atoms with Crippen LogP contribution in [0.5, 0.6) is 0 Å². The lowest BCUT2D eigenvalue weighted by Crippen LogP contribution is -2.48. The van der Waals surface area contributed by atoms with Crippen molar-refractivity contribution in [2.75, 3.05) is 24.5 Å². The molecule has 1 atom stereocenters. The Kier molecular flexibility index (Phi) is 4.83. The van der Waals surface area contributed by atoms with Gasteiger partial charge >= 0.3 is 5.97 Å². The number of anilines is 1. The summed E-state index contributed by atoms with van der Waals surface area (Å²) in [6.45, 7) is 5.13. The van der Waals surface area contributed by atoms with Crippen molar-refractivity contribution in [3.05, 3.63) is 29.8 Å². The fourth-order valence-corrected chi connectivity index (χ4v) is 2.67. The van der Waals surface area contributed by atoms with Gasteiger partial charge in [-0.2, -0.15) is 0 Å². The molecule has 114 valence electrons. The average Bonchev–Trinajstić information content (AvgIpc) is 2.98. The number of benzene rings is 1. The minimum Gasteiger partial charge on any atom is -0.480 e. The highest BCUT2D eigenvalue weighted by atomic mass is 16.4. The van der Waals surface area contributed by atoms with Crippen molar-refractivity contribution in [2.24, 2.45) is 0 Å². The second kappa shape index (κ2) is 6.61. The van der Waals surface area contributed by atoms with Crippen molar-refractivity contribution in [3.8, 4) is 0 Å². The molecule has 1 saturated heterocycles. The SMILES string of the molecule is Cc1ccc(N(CC(=O)O)C(C)C(=O)N2CCCC2)cc1. The third-order valence-electron chi connectivity index (χ3n) is 3.91. The van der Waals surface area contributed by atoms with Crippen LogP contribution >= 0.6 is 0 Å². The van der Waals surface area contributed by atoms with E-state index in [2.05, 4.69) is 0 Å². The lowest BCUT2D eigenvalue weighted by molar-refractivity contribution is -0.135. The number of carboxylic acid groups (broad SMARTS) is 1. The fraction of sp³-hybridized carbons (Fsp3) is 0.500. The van der Waals surface area contributed by atoms with Crippen LogP contribution in [-0.4, -0.2) is 47.6 Å². The molecule has 0 spiro atoms. The summed E-state index contributed by atoms with van der Waals surface area (Å²) >= 11 is 0. The van der Waals surface area contributed by atoms with Gasteiger partial charge in [0.05, 0.1) is 0 Å². The molecule has 1 amide bonds. The Morgan fingerprint density at radius 2 is 1.81 bits per heavy atom. The molecule has 0 bridgehead atoms. The monoisotopic (exact) mass is 290 g/mol. The van der Waals surface area contributed by atoms with Crippen LogP contribution in [0.4, 0.5) is 5.69 Å². The molecule has 0 aliphatic carbocycles. The van der Waals surface area contributed by atoms with E-state index >= 15 is 0 Å². The number of carboxylic acids is 1. The number of amides is 1. The molecule has 0 saturated carbocycles. The Labute approximate surface area is 125 Å². The predicted octanol–water partition coefficient (Wildman–Crippen LogP) is 1.90. The number of carbonyl (C=O) groups excluding carboxylic acids is 1. The van der Waals surface area contributed by atoms with Gasteiger partial charge in [-0.05, 0) is 38.8 Å². The number of aliphatic carboxylic acids is 1. The zero-order valence-electron chi connectivity index (χ0n) is 12.6. The van der Waals surface area contributed by atoms with Gasteiger partial charge in [0.2, 0.25) is 5.91 Å². The molecule has 1 N–H and O–H groups in total. The van der Waals surface area contributed by atoms with Crippen LogP contribution in [0.25, 0.3) is 0 Å². The van der Waals surface area contributed by atoms with E-state index in [1.807, 2.05) is 36.1 Å². The Balaban J connectivity index is 2.19. The maximum absolute atomic E-state index is 12.5. The van der Waals surface area contributed by atoms with Crippen LogP contribution in [0.3, 0.4) is 0 Å². The number of aryl methyl sites for hydroxylation is 1. The van der Waals surface area contributed by atoms with Crippen molar-refractivity contribution < 1.29 is 14.7 Å². The van der Waals surface area contributed by atoms with Gasteiger partial charge in [0.15, 0.2) is 0 Å². The molecular formula is C16H22N2O3. The largest absolute Gasteiger partial charge is 0.480 e. The van der Waals surface area contributed by atoms with Crippen LogP contribution in [-0.2, 0) is 9.59 Å². The zero-order chi connectivity index (χ0) is 15.4. The number of hydrogen-bond donors (Lipinski definition) is 1. The van der Waals surface area contributed by atoms with Crippen LogP contribution in [0, 0.1) is 6.92 Å². The van der Waals surface area contributed by atoms with Crippen molar-refractivity contribution in [1.29, 1.82) is 0 Å². The summed E-state index contributed by atoms with van der Waals surface area (Å²) < 4.78 is 0. The lowest BCUT2D eigenvalue weighted by atomic mass is 10.1. The first kappa shape index (κ1) is 15.4. The Morgan fingerprint density at radius 1 is 1.24 bits per heavy atom. The molecule has 5 nitrogen and oxygen atoms in total. The molecule has 1 aliphatic rings. The molecule has 1 unspecified atom stereocenters. The van der Waals surface area contributed by atoms with E-state index in [-0.39, 0.29) is 12.5 Å². The third kappa shape index (κ3) is 3.74. The number of carbonyl (C=O) groups is 2. The molecule has 1 aromatic rings. The molecule has 2 rings (SSSR count). The Bertz CT molecular complexity index is 507. The Morgan fingerprint density at radius 3 is 2.33 bits per heavy atom. The summed E-state index contributed by atoms with van der Waals surface area (Å²) in [6.07, 6.45) is 2.06. The third-order valence-corrected chi connectivity index (χ3v) is 3.91. The summed E-state index contributed by atoms with van der Waals surface area (Å²) in [5.74, 6) is -0.925. The lowest BCUT2D eigenvalue weighted by Gasteiger charge is -2.31. The van der Waals surface area contributed by atoms with E-state index in [0.29, 0.717) is 0 Å². The van der Waals surface area contributed by atoms with E-state index in [1.165, 1.54) is 0 Å². The van der Waals surface area contributed by atoms with Crippen LogP contribution < -0.4 is 4.90 Å². The maximum Gasteiger partial charge on any atom is 0.323 e. The summed E-state index contributed by atoms with van der Waals surface area (Å²) in [5.41, 5.74) is 1.87. The van der Waals surface area contributed by atoms with Gasteiger partial charge in [0.25, 0.3) is 0 Å². The molecule has 0 radical (unpaired) electrons. The number of nitrogens with zero attached hydrogens (tertiary/aromatic N) is 2. The summed E-state index contributed by atoms with van der Waals surface area (Å²) in [7, 11) is 0. The quantitative estimate of drug-likeness (QED) is 0.899. The van der Waals surface area contributed by atoms with Gasteiger partial charge in [0.1, 0.15) is 12.6 Å². The molecule has 1 fully saturated rings. The zero-order valence-corrected chi connectivity index (χ0v) is 12.6. The number of hydrogen-bond acceptors (Lipinski definition) is 3. The van der Waals surface area contributed by atoms with E-state index in [4.69, 9.17) is 5.11 Å². The topological polar surface area (TPSA) is 60.9 Å². The molecule has 5 heteroatoms. The second-order valence-electron chi connectivity index (χ2n) is 5.57. The normalized spacial score (nSPS) is 15.8. The van der Waals surface area contributed by atoms with Crippen molar-refractivity contribution >= 4 is 17.6 Å². The number of rotatable bonds is 5. The summed E-state index contributed by atoms with van der Waals surface area (Å²) in [4.78, 5) is 27.1. The maximum atomic E-state index is 12.5. The van der Waals surface area contributed by atoms with E-state index in [1.54, 1.807) is 11.8 Å². The minimum atomic E-state index is -0.934. The average molecular weight is 290 g/mol. The predicted molar refractivity (Wildman–Crippen MR) is 81.4 cm³/mol. The highest BCUT2D eigenvalue weighted by Crippen LogP contribution is 2.20. The first-order valence-electron chi connectivity index (χ1n) is 7.33. The number of likely N-dealkylation sites (tertiary alicyclic amines) is 1. The van der Waals surface area contributed by atoms with Crippen molar-refractivity contribution in [1.82, 2.24) is 4.90 Å². The van der Waals surface area contributed by atoms with Crippen LogP contribution in [0.2, 0.25) is 0 Å². The van der Waals surface area contributed by atoms with E-state index < -0.39 is 12.0 Å². The molecule has 1 aromatic carbocycles. The molecular weight excluding hydrogens is 268 g/mol. The molecule has 21 heavy (non-hydrogen) atoms. The standard InChI is InChI=1S/C16H22N2O3/c1-12-5-7-14(8-6-12)18(11-15(19)20)13(2)16(21)17-9-3-4-10-17/h5-8,13H,3-4,9-11H2,1-2H3,(H,19,20). The van der Waals surface area contributed by atoms with Gasteiger partial charge in [-0.3, -0.25) is 9.59 Å². The molecule has 1 aliphatic heterocycles. The first-order valence-corrected chi connectivity index (χ1v) is 7.33. The summed E-state index contributed by atoms with van der Waals surface area (Å²) in [5, 5.41) is 9.13. The van der Waals surface area contributed by atoms with E-state index in [9.17, 15) is 9.59 Å². The first-order chi connectivity index (χ1) is 9.99. The van der Waals surface area contributed by atoms with Gasteiger partial charge in [-0.1, -0.05) is 17.7 Å². The minimum absolute atomic E-state index is 0.00863. The van der Waals surface area contributed by atoms with Gasteiger partial charge in [-0.15, -0.1) is 0 Å². The van der Waals surface area contributed by atoms with Crippen molar-refractivity contribution in [3.63, 3.8) is 0 Å². The summed E-state index contributed by atoms with van der Waals surface area (Å²) in [6, 6.07) is 7.12. The second-order valence-corrected chi connectivity index (χ2v) is 5.57. The highest BCUT2D eigenvalue weighted by Gasteiger charge is 2.29. The van der Waals surface area contributed by atoms with Gasteiger partial charge in [-0.25, -0.2) is 0 Å². The smallest absolute Gasteiger partial charge is 0.323 e. The van der Waals surface area contributed by atoms with Gasteiger partial charge in [0, 0.05) is 18.8 Å². The Hall–Kier alpha value is -2.04. The van der Waals surface area contributed by atoms with E-state index in [0.717, 1.165) is 37.2 Å². The molecule has 0 aromatic heterocycles. The van der Waals surface area contributed by atoms with Crippen LogP contribution in [0.15, 0.2) is 24.3 Å². The van der Waals surface area contributed by atoms with Gasteiger partial charge < -0.3 is 14.9 Å². The molecule has 1 heterocycles. The van der Waals surface area contributed by atoms with Crippen LogP contribution in [0.1, 0.15) is 25.3 Å². The van der Waals surface area contributed by atoms with Crippen molar-refractivity contribution in [2.45, 2.75) is 32.7 Å². The fourth-order valence-electron chi connectivity index (χ4n) is 2.67. The highest BCUT2D eigenvalue weighted by molar-refractivity contribution is 5.87.